The number of carbonyl (C=O) groups excluding carboxylic acids is 2. The molecule has 0 aliphatic heterocycles. The summed E-state index contributed by atoms with van der Waals surface area (Å²) in [7, 11) is 3.32. The summed E-state index contributed by atoms with van der Waals surface area (Å²) < 4.78 is 17.7. The molecule has 0 bridgehead atoms. The first-order valence-corrected chi connectivity index (χ1v) is 9.38. The molecule has 1 heterocycles. The molecule has 0 saturated carbocycles. The van der Waals surface area contributed by atoms with Crippen LogP contribution in [0.3, 0.4) is 0 Å². The van der Waals surface area contributed by atoms with Gasteiger partial charge in [-0.25, -0.2) is 4.79 Å². The smallest absolute Gasteiger partial charge is 0.331 e. The largest absolute Gasteiger partial charge is 0.493 e. The van der Waals surface area contributed by atoms with Crippen molar-refractivity contribution >= 4 is 23.6 Å². The average Bonchev–Trinajstić information content (AvgIpc) is 2.96. The zero-order valence-electron chi connectivity index (χ0n) is 17.9. The fourth-order valence-electron chi connectivity index (χ4n) is 2.67. The maximum atomic E-state index is 12.4. The molecule has 1 N–H and O–H groups in total. The normalized spacial score (nSPS) is 11.8. The minimum absolute atomic E-state index is 0.357. The molecular weight excluding hydrogens is 386 g/mol. The van der Waals surface area contributed by atoms with Crippen molar-refractivity contribution in [2.45, 2.75) is 26.9 Å². The lowest BCUT2D eigenvalue weighted by atomic mass is 10.2. The van der Waals surface area contributed by atoms with Crippen LogP contribution in [0.15, 0.2) is 36.9 Å². The van der Waals surface area contributed by atoms with E-state index in [0.29, 0.717) is 35.1 Å². The minimum atomic E-state index is -0.967. The summed E-state index contributed by atoms with van der Waals surface area (Å²) in [6, 6.07) is 5.24. The van der Waals surface area contributed by atoms with Crippen LogP contribution < -0.4 is 14.8 Å². The second kappa shape index (κ2) is 10.3. The molecule has 0 fully saturated rings. The Labute approximate surface area is 176 Å². The number of nitrogens with one attached hydrogen (secondary N) is 1. The molecule has 160 valence electrons. The first-order chi connectivity index (χ1) is 14.3. The van der Waals surface area contributed by atoms with Crippen molar-refractivity contribution < 1.29 is 23.8 Å². The molecule has 1 aromatic carbocycles. The molecule has 8 nitrogen and oxygen atoms in total. The number of ether oxygens (including phenoxy) is 3. The van der Waals surface area contributed by atoms with Gasteiger partial charge in [-0.3, -0.25) is 9.48 Å². The van der Waals surface area contributed by atoms with E-state index in [0.717, 1.165) is 5.69 Å². The van der Waals surface area contributed by atoms with Crippen LogP contribution in [0.1, 0.15) is 23.9 Å². The van der Waals surface area contributed by atoms with Gasteiger partial charge in [-0.05, 0) is 44.5 Å². The fraction of sp³-hybridized carbons (Fsp3) is 0.318. The number of anilines is 1. The van der Waals surface area contributed by atoms with E-state index < -0.39 is 18.0 Å². The summed E-state index contributed by atoms with van der Waals surface area (Å²) in [5, 5.41) is 7.00. The monoisotopic (exact) mass is 413 g/mol. The summed E-state index contributed by atoms with van der Waals surface area (Å²) in [6.45, 7) is 9.11. The molecule has 0 spiro atoms. The van der Waals surface area contributed by atoms with Gasteiger partial charge in [0, 0.05) is 13.1 Å². The number of aryl methyl sites for hydroxylation is 2. The lowest BCUT2D eigenvalue weighted by molar-refractivity contribution is -0.148. The number of carbonyl (C=O) groups is 2. The third kappa shape index (κ3) is 5.73. The van der Waals surface area contributed by atoms with Crippen LogP contribution in [0.4, 0.5) is 5.69 Å². The Balaban J connectivity index is 1.98. The van der Waals surface area contributed by atoms with Gasteiger partial charge in [0.15, 0.2) is 17.6 Å². The summed E-state index contributed by atoms with van der Waals surface area (Å²) in [5.41, 5.74) is 2.84. The third-order valence-corrected chi connectivity index (χ3v) is 4.38. The summed E-state index contributed by atoms with van der Waals surface area (Å²) >= 11 is 0. The van der Waals surface area contributed by atoms with Crippen LogP contribution in [0.2, 0.25) is 0 Å². The molecule has 2 aromatic rings. The lowest BCUT2D eigenvalue weighted by Gasteiger charge is -2.12. The van der Waals surface area contributed by atoms with Crippen molar-refractivity contribution in [2.75, 3.05) is 19.0 Å². The van der Waals surface area contributed by atoms with Gasteiger partial charge in [0.1, 0.15) is 6.61 Å². The van der Waals surface area contributed by atoms with Gasteiger partial charge in [-0.1, -0.05) is 18.7 Å². The topological polar surface area (TPSA) is 91.7 Å². The molecule has 1 atom stereocenters. The van der Waals surface area contributed by atoms with E-state index in [1.54, 1.807) is 49.0 Å². The number of hydrogen-bond donors (Lipinski definition) is 1. The van der Waals surface area contributed by atoms with Gasteiger partial charge in [-0.15, -0.1) is 0 Å². The number of methoxy groups -OCH3 is 1. The standard InChI is InChI=1S/C22H27N3O5/c1-7-12-29-18-10-8-17(13-19(18)28-6)9-11-20(26)30-16(4)22(27)23-21-14(2)24-25(5)15(21)3/h7-11,13,16H,1,12H2,2-6H3,(H,23,27)/b11-9+/t16-/m0/s1. The molecule has 1 aromatic heterocycles. The Morgan fingerprint density at radius 1 is 1.30 bits per heavy atom. The van der Waals surface area contributed by atoms with E-state index in [-0.39, 0.29) is 0 Å². The Bertz CT molecular complexity index is 962. The predicted molar refractivity (Wildman–Crippen MR) is 115 cm³/mol. The Morgan fingerprint density at radius 2 is 2.03 bits per heavy atom. The van der Waals surface area contributed by atoms with Gasteiger partial charge < -0.3 is 19.5 Å². The van der Waals surface area contributed by atoms with Crippen LogP contribution in [-0.4, -0.2) is 41.5 Å². The molecule has 0 radical (unpaired) electrons. The number of benzene rings is 1. The van der Waals surface area contributed by atoms with Gasteiger partial charge in [0.25, 0.3) is 5.91 Å². The first kappa shape index (κ1) is 22.7. The maximum absolute atomic E-state index is 12.4. The molecule has 1 amide bonds. The number of aromatic nitrogens is 2. The fourth-order valence-corrected chi connectivity index (χ4v) is 2.67. The SMILES string of the molecule is C=CCOc1ccc(/C=C/C(=O)O[C@@H](C)C(=O)Nc2c(C)nn(C)c2C)cc1OC. The van der Waals surface area contributed by atoms with Crippen molar-refractivity contribution in [2.24, 2.45) is 7.05 Å². The van der Waals surface area contributed by atoms with E-state index in [4.69, 9.17) is 14.2 Å². The van der Waals surface area contributed by atoms with Crippen LogP contribution >= 0.6 is 0 Å². The van der Waals surface area contributed by atoms with E-state index in [1.165, 1.54) is 20.1 Å². The number of rotatable bonds is 9. The summed E-state index contributed by atoms with van der Waals surface area (Å²) in [6.07, 6.45) is 3.49. The molecule has 0 aliphatic rings. The van der Waals surface area contributed by atoms with E-state index in [1.807, 2.05) is 6.92 Å². The van der Waals surface area contributed by atoms with Gasteiger partial charge in [0.2, 0.25) is 0 Å². The van der Waals surface area contributed by atoms with E-state index in [2.05, 4.69) is 17.0 Å². The highest BCUT2D eigenvalue weighted by Gasteiger charge is 2.20. The molecular formula is C22H27N3O5. The Morgan fingerprint density at radius 3 is 2.63 bits per heavy atom. The summed E-state index contributed by atoms with van der Waals surface area (Å²) in [5.74, 6) is 0.0373. The zero-order valence-corrected chi connectivity index (χ0v) is 17.9. The number of amides is 1. The van der Waals surface area contributed by atoms with Crippen molar-refractivity contribution in [1.29, 1.82) is 0 Å². The second-order valence-corrected chi connectivity index (χ2v) is 6.58. The molecule has 2 rings (SSSR count). The molecule has 30 heavy (non-hydrogen) atoms. The van der Waals surface area contributed by atoms with Crippen molar-refractivity contribution in [1.82, 2.24) is 9.78 Å². The molecule has 0 saturated heterocycles. The van der Waals surface area contributed by atoms with Crippen LogP contribution in [-0.2, 0) is 21.4 Å². The Kier molecular flexibility index (Phi) is 7.80. The second-order valence-electron chi connectivity index (χ2n) is 6.58. The highest BCUT2D eigenvalue weighted by molar-refractivity contribution is 5.97. The average molecular weight is 413 g/mol. The summed E-state index contributed by atoms with van der Waals surface area (Å²) in [4.78, 5) is 24.5. The minimum Gasteiger partial charge on any atom is -0.493 e. The van der Waals surface area contributed by atoms with Crippen LogP contribution in [0.5, 0.6) is 11.5 Å². The number of hydrogen-bond acceptors (Lipinski definition) is 6. The highest BCUT2D eigenvalue weighted by atomic mass is 16.5. The lowest BCUT2D eigenvalue weighted by Crippen LogP contribution is -2.29. The molecule has 0 aliphatic carbocycles. The first-order valence-electron chi connectivity index (χ1n) is 9.38. The van der Waals surface area contributed by atoms with Gasteiger partial charge in [0.05, 0.1) is 24.2 Å². The maximum Gasteiger partial charge on any atom is 0.331 e. The third-order valence-electron chi connectivity index (χ3n) is 4.38. The molecule has 8 heteroatoms. The Hall–Kier alpha value is -3.55. The van der Waals surface area contributed by atoms with Crippen molar-refractivity contribution in [3.05, 3.63) is 53.9 Å². The van der Waals surface area contributed by atoms with E-state index in [9.17, 15) is 9.59 Å². The highest BCUT2D eigenvalue weighted by Crippen LogP contribution is 2.28. The van der Waals surface area contributed by atoms with Crippen LogP contribution in [0.25, 0.3) is 6.08 Å². The van der Waals surface area contributed by atoms with Crippen molar-refractivity contribution in [3.8, 4) is 11.5 Å². The number of nitrogens with zero attached hydrogens (tertiary/aromatic N) is 2. The number of esters is 1. The zero-order chi connectivity index (χ0) is 22.3. The van der Waals surface area contributed by atoms with Crippen molar-refractivity contribution in [3.63, 3.8) is 0 Å². The molecule has 0 unspecified atom stereocenters. The van der Waals surface area contributed by atoms with Crippen LogP contribution in [0, 0.1) is 13.8 Å². The van der Waals surface area contributed by atoms with Gasteiger partial charge >= 0.3 is 5.97 Å². The van der Waals surface area contributed by atoms with E-state index >= 15 is 0 Å². The predicted octanol–water partition coefficient (Wildman–Crippen LogP) is 3.19. The van der Waals surface area contributed by atoms with Gasteiger partial charge in [-0.2, -0.15) is 5.10 Å². The quantitative estimate of drug-likeness (QED) is 0.386.